The summed E-state index contributed by atoms with van der Waals surface area (Å²) in [5.74, 6) is -0.822. The van der Waals surface area contributed by atoms with Crippen LogP contribution in [0.3, 0.4) is 0 Å². The lowest BCUT2D eigenvalue weighted by molar-refractivity contribution is -0.134. The van der Waals surface area contributed by atoms with Gasteiger partial charge in [0.25, 0.3) is 0 Å². The molecule has 66 valence electrons. The maximum Gasteiger partial charge on any atom is 0.516 e. The van der Waals surface area contributed by atoms with Gasteiger partial charge in [0, 0.05) is 6.08 Å². The molecule has 1 heterocycles. The molecule has 0 saturated carbocycles. The number of carbonyl (C=O) groups is 2. The Bertz CT molecular complexity index is 206. The summed E-state index contributed by atoms with van der Waals surface area (Å²) in [7, 11) is 0. The van der Waals surface area contributed by atoms with Crippen molar-refractivity contribution in [2.45, 2.75) is 6.10 Å². The molecule has 1 saturated heterocycles. The van der Waals surface area contributed by atoms with Crippen LogP contribution in [0.4, 0.5) is 4.79 Å². The first kappa shape index (κ1) is 8.73. The maximum atomic E-state index is 10.6. The van der Waals surface area contributed by atoms with Crippen molar-refractivity contribution >= 4 is 12.1 Å². The Balaban J connectivity index is 2.09. The number of carbonyl (C=O) groups excluding carboxylic acids is 2. The van der Waals surface area contributed by atoms with Gasteiger partial charge in [-0.3, -0.25) is 0 Å². The molecule has 0 spiro atoms. The fourth-order valence-electron chi connectivity index (χ4n) is 0.479. The number of esters is 1. The summed E-state index contributed by atoms with van der Waals surface area (Å²) in [5, 5.41) is 0. The summed E-state index contributed by atoms with van der Waals surface area (Å²) in [6.45, 7) is 3.83. The van der Waals surface area contributed by atoms with E-state index in [9.17, 15) is 9.59 Å². The molecule has 0 bridgehead atoms. The van der Waals surface area contributed by atoms with Crippen molar-refractivity contribution < 1.29 is 23.8 Å². The van der Waals surface area contributed by atoms with Crippen LogP contribution in [0.2, 0.25) is 0 Å². The molecule has 5 nitrogen and oxygen atoms in total. The second-order valence-electron chi connectivity index (χ2n) is 2.14. The molecule has 0 aromatic carbocycles. The van der Waals surface area contributed by atoms with Gasteiger partial charge in [0.05, 0.1) is 6.61 Å². The molecule has 0 amide bonds. The molecule has 12 heavy (non-hydrogen) atoms. The van der Waals surface area contributed by atoms with Crippen LogP contribution in [0, 0.1) is 0 Å². The van der Waals surface area contributed by atoms with E-state index in [4.69, 9.17) is 4.74 Å². The first-order valence-electron chi connectivity index (χ1n) is 3.35. The van der Waals surface area contributed by atoms with Crippen molar-refractivity contribution in [3.05, 3.63) is 12.7 Å². The standard InChI is InChI=1S/C7H8O5/c1-2-6(8)12-7(9)11-4-5-3-10-5/h2,5H,1,3-4H2. The molecule has 0 aliphatic carbocycles. The molecule has 5 heteroatoms. The second kappa shape index (κ2) is 3.87. The predicted molar refractivity (Wildman–Crippen MR) is 37.4 cm³/mol. The summed E-state index contributed by atoms with van der Waals surface area (Å²) < 4.78 is 13.3. The molecular formula is C7H8O5. The number of hydrogen-bond donors (Lipinski definition) is 0. The minimum absolute atomic E-state index is 0.0311. The Labute approximate surface area is 68.9 Å². The van der Waals surface area contributed by atoms with Gasteiger partial charge in [0.2, 0.25) is 0 Å². The van der Waals surface area contributed by atoms with Crippen molar-refractivity contribution in [1.82, 2.24) is 0 Å². The predicted octanol–water partition coefficient (Wildman–Crippen LogP) is 0.251. The van der Waals surface area contributed by atoms with E-state index >= 15 is 0 Å². The third-order valence-corrected chi connectivity index (χ3v) is 1.14. The highest BCUT2D eigenvalue weighted by molar-refractivity contribution is 5.89. The number of hydrogen-bond acceptors (Lipinski definition) is 5. The zero-order valence-corrected chi connectivity index (χ0v) is 6.32. The summed E-state index contributed by atoms with van der Waals surface area (Å²) >= 11 is 0. The zero-order valence-electron chi connectivity index (χ0n) is 6.32. The largest absolute Gasteiger partial charge is 0.516 e. The number of rotatable bonds is 3. The molecule has 0 radical (unpaired) electrons. The molecule has 0 aromatic rings. The highest BCUT2D eigenvalue weighted by Crippen LogP contribution is 2.08. The van der Waals surface area contributed by atoms with Crippen LogP contribution in [0.5, 0.6) is 0 Å². The van der Waals surface area contributed by atoms with Crippen molar-refractivity contribution in [1.29, 1.82) is 0 Å². The molecule has 0 N–H and O–H groups in total. The van der Waals surface area contributed by atoms with E-state index in [1.165, 1.54) is 0 Å². The summed E-state index contributed by atoms with van der Waals surface area (Å²) in [6, 6.07) is 0. The minimum Gasteiger partial charge on any atom is -0.431 e. The number of epoxide rings is 1. The smallest absolute Gasteiger partial charge is 0.431 e. The van der Waals surface area contributed by atoms with E-state index < -0.39 is 12.1 Å². The lowest BCUT2D eigenvalue weighted by Gasteiger charge is -1.99. The van der Waals surface area contributed by atoms with Crippen molar-refractivity contribution in [2.75, 3.05) is 13.2 Å². The molecule has 1 atom stereocenters. The van der Waals surface area contributed by atoms with Crippen molar-refractivity contribution in [3.63, 3.8) is 0 Å². The van der Waals surface area contributed by atoms with Crippen LogP contribution in [0.15, 0.2) is 12.7 Å². The van der Waals surface area contributed by atoms with Gasteiger partial charge in [0.15, 0.2) is 0 Å². The molecule has 1 fully saturated rings. The van der Waals surface area contributed by atoms with Crippen LogP contribution in [-0.4, -0.2) is 31.4 Å². The molecule has 1 rings (SSSR count). The van der Waals surface area contributed by atoms with Crippen LogP contribution in [-0.2, 0) is 19.0 Å². The monoisotopic (exact) mass is 172 g/mol. The normalized spacial score (nSPS) is 19.5. The first-order valence-corrected chi connectivity index (χ1v) is 3.35. The van der Waals surface area contributed by atoms with E-state index in [2.05, 4.69) is 16.1 Å². The van der Waals surface area contributed by atoms with E-state index in [0.717, 1.165) is 6.08 Å². The van der Waals surface area contributed by atoms with Gasteiger partial charge in [-0.1, -0.05) is 6.58 Å². The summed E-state index contributed by atoms with van der Waals surface area (Å²) in [4.78, 5) is 21.0. The number of ether oxygens (including phenoxy) is 3. The van der Waals surface area contributed by atoms with Gasteiger partial charge in [-0.05, 0) is 0 Å². The van der Waals surface area contributed by atoms with Crippen LogP contribution < -0.4 is 0 Å². The fourth-order valence-corrected chi connectivity index (χ4v) is 0.479. The molecular weight excluding hydrogens is 164 g/mol. The molecule has 1 aliphatic rings. The van der Waals surface area contributed by atoms with E-state index in [1.54, 1.807) is 0 Å². The van der Waals surface area contributed by atoms with Crippen molar-refractivity contribution in [2.24, 2.45) is 0 Å². The van der Waals surface area contributed by atoms with E-state index in [-0.39, 0.29) is 12.7 Å². The molecule has 0 aromatic heterocycles. The van der Waals surface area contributed by atoms with Gasteiger partial charge >= 0.3 is 12.1 Å². The third-order valence-electron chi connectivity index (χ3n) is 1.14. The molecule has 1 unspecified atom stereocenters. The van der Waals surface area contributed by atoms with E-state index in [1.807, 2.05) is 0 Å². The van der Waals surface area contributed by atoms with Gasteiger partial charge in [-0.25, -0.2) is 9.59 Å². The highest BCUT2D eigenvalue weighted by atomic mass is 16.7. The SMILES string of the molecule is C=CC(=O)OC(=O)OCC1CO1. The Morgan fingerprint density at radius 1 is 1.67 bits per heavy atom. The average Bonchev–Trinajstić information content (AvgIpc) is 2.83. The summed E-state index contributed by atoms with van der Waals surface area (Å²) in [6.07, 6.45) is -0.165. The van der Waals surface area contributed by atoms with Gasteiger partial charge in [-0.2, -0.15) is 0 Å². The Morgan fingerprint density at radius 3 is 2.83 bits per heavy atom. The maximum absolute atomic E-state index is 10.6. The van der Waals surface area contributed by atoms with Crippen LogP contribution in [0.1, 0.15) is 0 Å². The van der Waals surface area contributed by atoms with Gasteiger partial charge < -0.3 is 14.2 Å². The Hall–Kier alpha value is -1.36. The van der Waals surface area contributed by atoms with Gasteiger partial charge in [-0.15, -0.1) is 0 Å². The Kier molecular flexibility index (Phi) is 2.82. The lowest BCUT2D eigenvalue weighted by Crippen LogP contribution is -2.14. The first-order chi connectivity index (χ1) is 5.72. The average molecular weight is 172 g/mol. The van der Waals surface area contributed by atoms with E-state index in [0.29, 0.717) is 6.61 Å². The van der Waals surface area contributed by atoms with Crippen LogP contribution >= 0.6 is 0 Å². The fraction of sp³-hybridized carbons (Fsp3) is 0.429. The second-order valence-corrected chi connectivity index (χ2v) is 2.14. The zero-order chi connectivity index (χ0) is 8.97. The Morgan fingerprint density at radius 2 is 2.33 bits per heavy atom. The van der Waals surface area contributed by atoms with Gasteiger partial charge in [0.1, 0.15) is 12.7 Å². The van der Waals surface area contributed by atoms with Crippen molar-refractivity contribution in [3.8, 4) is 0 Å². The minimum atomic E-state index is -1.02. The topological polar surface area (TPSA) is 65.1 Å². The quantitative estimate of drug-likeness (QED) is 0.264. The highest BCUT2D eigenvalue weighted by Gasteiger charge is 2.24. The lowest BCUT2D eigenvalue weighted by atomic mass is 10.5. The summed E-state index contributed by atoms with van der Waals surface area (Å²) in [5.41, 5.74) is 0. The molecule has 1 aliphatic heterocycles. The van der Waals surface area contributed by atoms with Crippen LogP contribution in [0.25, 0.3) is 0 Å². The third kappa shape index (κ3) is 3.16.